The Morgan fingerprint density at radius 1 is 0.370 bits per heavy atom. The van der Waals surface area contributed by atoms with Crippen LogP contribution in [0.1, 0.15) is 52.7 Å². The van der Waals surface area contributed by atoms with E-state index in [1.54, 1.807) is 0 Å². The first kappa shape index (κ1) is 28.4. The molecular weight excluding hydrogens is 556 g/mol. The number of fused-ring (bicyclic) bond motifs is 5. The third-order valence-corrected chi connectivity index (χ3v) is 9.44. The number of benzene rings is 4. The first-order chi connectivity index (χ1) is 22.1. The summed E-state index contributed by atoms with van der Waals surface area (Å²) in [4.78, 5) is 10.2. The fourth-order valence-corrected chi connectivity index (χ4v) is 7.29. The Morgan fingerprint density at radius 2 is 0.674 bits per heavy atom. The quantitative estimate of drug-likeness (QED) is 0.186. The Kier molecular flexibility index (Phi) is 6.31. The van der Waals surface area contributed by atoms with Crippen LogP contribution < -0.4 is 0 Å². The molecule has 224 valence electrons. The van der Waals surface area contributed by atoms with Gasteiger partial charge in [-0.15, -0.1) is 0 Å². The van der Waals surface area contributed by atoms with Crippen LogP contribution in [0.5, 0.6) is 0 Å². The summed E-state index contributed by atoms with van der Waals surface area (Å²) in [6, 6.07) is 44.1. The maximum atomic E-state index is 5.09. The average molecular weight is 595 g/mol. The molecule has 6 aromatic rings. The molecule has 2 aromatic heterocycles. The van der Waals surface area contributed by atoms with E-state index in [0.29, 0.717) is 0 Å². The molecule has 0 saturated heterocycles. The Balaban J connectivity index is 1.61. The molecule has 0 fully saturated rings. The van der Waals surface area contributed by atoms with Crippen LogP contribution in [-0.2, 0) is 10.8 Å². The van der Waals surface area contributed by atoms with Crippen molar-refractivity contribution < 1.29 is 0 Å². The van der Waals surface area contributed by atoms with E-state index in [2.05, 4.69) is 163 Å². The van der Waals surface area contributed by atoms with Crippen LogP contribution in [0.3, 0.4) is 0 Å². The summed E-state index contributed by atoms with van der Waals surface area (Å²) < 4.78 is 0. The van der Waals surface area contributed by atoms with Crippen LogP contribution in [0.4, 0.5) is 0 Å². The molecule has 2 aliphatic carbocycles. The lowest BCUT2D eigenvalue weighted by Crippen LogP contribution is -2.11. The van der Waals surface area contributed by atoms with Gasteiger partial charge in [0.2, 0.25) is 0 Å². The maximum Gasteiger partial charge on any atom is 0.0715 e. The topological polar surface area (TPSA) is 25.8 Å². The fraction of sp³-hybridized carbons (Fsp3) is 0.182. The van der Waals surface area contributed by atoms with Crippen molar-refractivity contribution in [2.75, 3.05) is 0 Å². The molecule has 0 spiro atoms. The summed E-state index contributed by atoms with van der Waals surface area (Å²) in [5.74, 6) is 0. The van der Waals surface area contributed by atoms with Gasteiger partial charge >= 0.3 is 0 Å². The number of nitrogens with zero attached hydrogens (tertiary/aromatic N) is 2. The zero-order valence-corrected chi connectivity index (χ0v) is 27.4. The largest absolute Gasteiger partial charge is 0.248 e. The van der Waals surface area contributed by atoms with Gasteiger partial charge in [-0.1, -0.05) is 120 Å². The summed E-state index contributed by atoms with van der Waals surface area (Å²) in [6.45, 7) is 14.0. The minimum Gasteiger partial charge on any atom is -0.248 e. The highest BCUT2D eigenvalue weighted by Crippen LogP contribution is 2.48. The van der Waals surface area contributed by atoms with Gasteiger partial charge in [-0.3, -0.25) is 0 Å². The molecule has 0 N–H and O–H groups in total. The van der Waals surface area contributed by atoms with E-state index in [-0.39, 0.29) is 10.8 Å². The van der Waals surface area contributed by atoms with Crippen LogP contribution in [0, 0.1) is 0 Å². The van der Waals surface area contributed by atoms with Crippen molar-refractivity contribution in [3.05, 3.63) is 132 Å². The van der Waals surface area contributed by atoms with Crippen LogP contribution in [0.25, 0.3) is 77.0 Å². The van der Waals surface area contributed by atoms with Gasteiger partial charge in [-0.25, -0.2) is 9.97 Å². The van der Waals surface area contributed by atoms with Crippen LogP contribution in [-0.4, -0.2) is 9.97 Å². The highest BCUT2D eigenvalue weighted by Gasteiger charge is 2.30. The van der Waals surface area contributed by atoms with E-state index in [4.69, 9.17) is 9.97 Å². The number of para-hydroxylation sites is 4. The van der Waals surface area contributed by atoms with Crippen molar-refractivity contribution >= 4 is 43.6 Å². The van der Waals surface area contributed by atoms with Gasteiger partial charge in [0.1, 0.15) is 0 Å². The van der Waals surface area contributed by atoms with Gasteiger partial charge < -0.3 is 0 Å². The van der Waals surface area contributed by atoms with Crippen molar-refractivity contribution in [1.29, 1.82) is 0 Å². The summed E-state index contributed by atoms with van der Waals surface area (Å²) in [5, 5.41) is 4.65. The number of pyridine rings is 2. The molecule has 2 heterocycles. The van der Waals surface area contributed by atoms with Crippen LogP contribution >= 0.6 is 0 Å². The second-order valence-corrected chi connectivity index (χ2v) is 14.7. The van der Waals surface area contributed by atoms with Crippen molar-refractivity contribution in [1.82, 2.24) is 9.97 Å². The zero-order chi connectivity index (χ0) is 31.8. The molecule has 8 rings (SSSR count). The van der Waals surface area contributed by atoms with E-state index in [9.17, 15) is 0 Å². The van der Waals surface area contributed by atoms with Crippen molar-refractivity contribution in [2.45, 2.75) is 52.4 Å². The minimum absolute atomic E-state index is 0.0357. The standard InChI is InChI=1S/C44H38N2/c1-43(2,3)35-26-36(44(4,5)6)34-25-28(42-31-17-9-13-21-39(31)46-40-22-14-10-18-32(40)42)23-27(24-33(34)35)41-29-15-7-11-19-37(29)45-38-20-12-8-16-30(38)41/h7-26H,1-6H3. The van der Waals surface area contributed by atoms with E-state index < -0.39 is 0 Å². The minimum atomic E-state index is -0.0357. The highest BCUT2D eigenvalue weighted by atomic mass is 14.7. The van der Waals surface area contributed by atoms with Crippen LogP contribution in [0.15, 0.2) is 121 Å². The van der Waals surface area contributed by atoms with Gasteiger partial charge in [0.05, 0.1) is 22.1 Å². The second kappa shape index (κ2) is 10.2. The van der Waals surface area contributed by atoms with Gasteiger partial charge in [0, 0.05) is 32.7 Å². The third-order valence-electron chi connectivity index (χ3n) is 9.44. The molecular formula is C44H38N2. The normalized spacial score (nSPS) is 12.6. The lowest BCUT2D eigenvalue weighted by atomic mass is 9.85. The smallest absolute Gasteiger partial charge is 0.0715 e. The monoisotopic (exact) mass is 594 g/mol. The molecule has 0 radical (unpaired) electrons. The Bertz CT molecular complexity index is 2160. The number of rotatable bonds is 2. The van der Waals surface area contributed by atoms with E-state index >= 15 is 0 Å². The van der Waals surface area contributed by atoms with Crippen molar-refractivity contribution in [3.8, 4) is 33.4 Å². The second-order valence-electron chi connectivity index (χ2n) is 14.7. The van der Waals surface area contributed by atoms with E-state index in [0.717, 1.165) is 43.6 Å². The molecule has 0 atom stereocenters. The first-order valence-corrected chi connectivity index (χ1v) is 16.3. The molecule has 0 saturated carbocycles. The molecule has 46 heavy (non-hydrogen) atoms. The number of aromatic nitrogens is 2. The number of hydrogen-bond donors (Lipinski definition) is 0. The molecule has 0 bridgehead atoms. The highest BCUT2D eigenvalue weighted by molar-refractivity contribution is 6.13. The Hall–Kier alpha value is -5.08. The van der Waals surface area contributed by atoms with E-state index in [1.165, 1.54) is 44.5 Å². The predicted octanol–water partition coefficient (Wildman–Crippen LogP) is 12.1. The lowest BCUT2D eigenvalue weighted by molar-refractivity contribution is 0.581. The first-order valence-electron chi connectivity index (χ1n) is 16.3. The maximum absolute atomic E-state index is 5.09. The molecule has 0 aliphatic heterocycles. The van der Waals surface area contributed by atoms with E-state index in [1.807, 2.05) is 0 Å². The van der Waals surface area contributed by atoms with Crippen molar-refractivity contribution in [3.63, 3.8) is 0 Å². The molecule has 2 aliphatic rings. The predicted molar refractivity (Wildman–Crippen MR) is 197 cm³/mol. The summed E-state index contributed by atoms with van der Waals surface area (Å²) in [6.07, 6.45) is 0. The van der Waals surface area contributed by atoms with Gasteiger partial charge in [-0.2, -0.15) is 0 Å². The van der Waals surface area contributed by atoms with Crippen molar-refractivity contribution in [2.24, 2.45) is 0 Å². The SMILES string of the molecule is CC(C)(C)c1cc(C(C)(C)C)c2cc(-c3c4ccccc4nc4ccccc34)cc(-c3c4ccccc4nc4ccccc34)cc1-2. The Morgan fingerprint density at radius 3 is 0.978 bits per heavy atom. The summed E-state index contributed by atoms with van der Waals surface area (Å²) >= 11 is 0. The molecule has 4 aromatic carbocycles. The number of hydrogen-bond acceptors (Lipinski definition) is 2. The summed E-state index contributed by atoms with van der Waals surface area (Å²) in [5.41, 5.74) is 14.2. The Labute approximate surface area is 271 Å². The molecule has 0 amide bonds. The third kappa shape index (κ3) is 4.55. The average Bonchev–Trinajstić information content (AvgIpc) is 3.30. The molecule has 0 unspecified atom stereocenters. The molecule has 2 heteroatoms. The van der Waals surface area contributed by atoms with Gasteiger partial charge in [0.15, 0.2) is 0 Å². The fourth-order valence-electron chi connectivity index (χ4n) is 7.29. The van der Waals surface area contributed by atoms with Crippen LogP contribution in [0.2, 0.25) is 0 Å². The zero-order valence-electron chi connectivity index (χ0n) is 27.4. The van der Waals surface area contributed by atoms with Gasteiger partial charge in [-0.05, 0) is 86.7 Å². The summed E-state index contributed by atoms with van der Waals surface area (Å²) in [7, 11) is 0. The van der Waals surface area contributed by atoms with Gasteiger partial charge in [0.25, 0.3) is 0 Å². The molecule has 2 nitrogen and oxygen atoms in total. The lowest BCUT2D eigenvalue weighted by Gasteiger charge is -2.19.